The van der Waals surface area contributed by atoms with Crippen LogP contribution in [0.4, 0.5) is 4.39 Å². The lowest BCUT2D eigenvalue weighted by atomic mass is 10.0. The Hall–Kier alpha value is -0.490. The lowest BCUT2D eigenvalue weighted by Gasteiger charge is -2.34. The minimum atomic E-state index is -0.219. The van der Waals surface area contributed by atoms with E-state index >= 15 is 0 Å². The molecule has 1 rings (SSSR count). The fraction of sp³-hybridized carbons (Fsp3) is 0.625. The number of likely N-dealkylation sites (N-methyl/N-ethyl adjacent to an activating group) is 1. The highest BCUT2D eigenvalue weighted by Crippen LogP contribution is 2.28. The lowest BCUT2D eigenvalue weighted by Crippen LogP contribution is -2.40. The van der Waals surface area contributed by atoms with Crippen molar-refractivity contribution in [2.45, 2.75) is 19.9 Å². The first kappa shape index (κ1) is 18.6. The third kappa shape index (κ3) is 6.02. The molecular formula is C16H27BrFN3. The van der Waals surface area contributed by atoms with Crippen molar-refractivity contribution in [1.29, 1.82) is 0 Å². The first-order valence-corrected chi connectivity index (χ1v) is 8.18. The molecule has 0 aliphatic heterocycles. The van der Waals surface area contributed by atoms with E-state index in [9.17, 15) is 4.39 Å². The molecule has 0 aliphatic rings. The number of nitrogens with two attached hydrogens (primary N) is 1. The summed E-state index contributed by atoms with van der Waals surface area (Å²) in [5.41, 5.74) is 6.94. The molecule has 0 radical (unpaired) electrons. The largest absolute Gasteiger partial charge is 0.329 e. The van der Waals surface area contributed by atoms with Crippen molar-refractivity contribution in [3.63, 3.8) is 0 Å². The minimum Gasteiger partial charge on any atom is -0.329 e. The summed E-state index contributed by atoms with van der Waals surface area (Å²) in [5, 5.41) is 0. The van der Waals surface area contributed by atoms with E-state index in [0.717, 1.165) is 29.7 Å². The Bertz CT molecular complexity index is 438. The normalized spacial score (nSPS) is 13.4. The number of rotatable bonds is 8. The van der Waals surface area contributed by atoms with Crippen LogP contribution < -0.4 is 5.73 Å². The summed E-state index contributed by atoms with van der Waals surface area (Å²) in [5.74, 6) is 0.317. The van der Waals surface area contributed by atoms with Crippen LogP contribution in [0.5, 0.6) is 0 Å². The third-order valence-corrected chi connectivity index (χ3v) is 4.14. The van der Waals surface area contributed by atoms with E-state index in [1.807, 2.05) is 0 Å². The van der Waals surface area contributed by atoms with E-state index in [4.69, 9.17) is 5.73 Å². The van der Waals surface area contributed by atoms with Crippen LogP contribution in [0.3, 0.4) is 0 Å². The smallest absolute Gasteiger partial charge is 0.123 e. The van der Waals surface area contributed by atoms with Gasteiger partial charge in [-0.3, -0.25) is 4.90 Å². The van der Waals surface area contributed by atoms with Crippen LogP contribution >= 0.6 is 15.9 Å². The first-order valence-electron chi connectivity index (χ1n) is 7.39. The Labute approximate surface area is 136 Å². The average molecular weight is 360 g/mol. The highest BCUT2D eigenvalue weighted by molar-refractivity contribution is 9.10. The maximum Gasteiger partial charge on any atom is 0.123 e. The van der Waals surface area contributed by atoms with Gasteiger partial charge in [-0.25, -0.2) is 4.39 Å². The van der Waals surface area contributed by atoms with E-state index in [1.165, 1.54) is 6.07 Å². The molecule has 21 heavy (non-hydrogen) atoms. The molecule has 0 spiro atoms. The summed E-state index contributed by atoms with van der Waals surface area (Å²) in [6, 6.07) is 4.84. The van der Waals surface area contributed by atoms with E-state index in [2.05, 4.69) is 53.7 Å². The van der Waals surface area contributed by atoms with Crippen molar-refractivity contribution in [1.82, 2.24) is 9.80 Å². The van der Waals surface area contributed by atoms with Crippen LogP contribution in [-0.2, 0) is 0 Å². The van der Waals surface area contributed by atoms with Gasteiger partial charge in [-0.1, -0.05) is 29.8 Å². The van der Waals surface area contributed by atoms with Gasteiger partial charge < -0.3 is 10.6 Å². The molecule has 120 valence electrons. The van der Waals surface area contributed by atoms with Gasteiger partial charge in [-0.15, -0.1) is 0 Å². The summed E-state index contributed by atoms with van der Waals surface area (Å²) >= 11 is 3.53. The average Bonchev–Trinajstić information content (AvgIpc) is 2.39. The van der Waals surface area contributed by atoms with Crippen LogP contribution in [0.25, 0.3) is 0 Å². The number of halogens is 2. The molecule has 0 bridgehead atoms. The van der Waals surface area contributed by atoms with Crippen molar-refractivity contribution in [2.75, 3.05) is 40.3 Å². The quantitative estimate of drug-likeness (QED) is 0.773. The van der Waals surface area contributed by atoms with Gasteiger partial charge in [0, 0.05) is 36.7 Å². The fourth-order valence-electron chi connectivity index (χ4n) is 2.41. The molecule has 1 aromatic rings. The van der Waals surface area contributed by atoms with Gasteiger partial charge in [-0.05, 0) is 43.8 Å². The summed E-state index contributed by atoms with van der Waals surface area (Å²) in [6.07, 6.45) is 0. The van der Waals surface area contributed by atoms with Crippen molar-refractivity contribution >= 4 is 15.9 Å². The maximum atomic E-state index is 13.6. The van der Waals surface area contributed by atoms with Crippen molar-refractivity contribution in [2.24, 2.45) is 11.7 Å². The zero-order valence-corrected chi connectivity index (χ0v) is 15.0. The van der Waals surface area contributed by atoms with Crippen LogP contribution in [0.2, 0.25) is 0 Å². The van der Waals surface area contributed by atoms with Crippen LogP contribution in [0.15, 0.2) is 22.7 Å². The van der Waals surface area contributed by atoms with Gasteiger partial charge in [-0.2, -0.15) is 0 Å². The molecule has 0 heterocycles. The van der Waals surface area contributed by atoms with E-state index in [-0.39, 0.29) is 11.9 Å². The number of benzene rings is 1. The van der Waals surface area contributed by atoms with Gasteiger partial charge in [0.1, 0.15) is 5.82 Å². The van der Waals surface area contributed by atoms with Crippen molar-refractivity contribution < 1.29 is 4.39 Å². The summed E-state index contributed by atoms with van der Waals surface area (Å²) in [7, 11) is 4.12. The van der Waals surface area contributed by atoms with E-state index < -0.39 is 0 Å². The topological polar surface area (TPSA) is 32.5 Å². The highest BCUT2D eigenvalue weighted by Gasteiger charge is 2.22. The van der Waals surface area contributed by atoms with Crippen molar-refractivity contribution in [3.05, 3.63) is 34.1 Å². The van der Waals surface area contributed by atoms with Crippen molar-refractivity contribution in [3.8, 4) is 0 Å². The molecule has 0 aliphatic carbocycles. The molecule has 1 atom stereocenters. The second kappa shape index (κ2) is 8.83. The molecule has 5 heteroatoms. The van der Waals surface area contributed by atoms with Gasteiger partial charge in [0.25, 0.3) is 0 Å². The van der Waals surface area contributed by atoms with E-state index in [1.54, 1.807) is 12.1 Å². The zero-order valence-electron chi connectivity index (χ0n) is 13.4. The summed E-state index contributed by atoms with van der Waals surface area (Å²) < 4.78 is 14.5. The molecule has 0 saturated heterocycles. The molecule has 1 aromatic carbocycles. The maximum absolute atomic E-state index is 13.6. The fourth-order valence-corrected chi connectivity index (χ4v) is 2.93. The molecule has 3 nitrogen and oxygen atoms in total. The predicted octanol–water partition coefficient (Wildman–Crippen LogP) is 3.11. The predicted molar refractivity (Wildman–Crippen MR) is 90.9 cm³/mol. The molecular weight excluding hydrogens is 333 g/mol. The molecule has 0 fully saturated rings. The zero-order chi connectivity index (χ0) is 16.0. The van der Waals surface area contributed by atoms with Crippen LogP contribution in [0, 0.1) is 11.7 Å². The molecule has 2 N–H and O–H groups in total. The minimum absolute atomic E-state index is 0.0254. The van der Waals surface area contributed by atoms with E-state index in [0.29, 0.717) is 12.5 Å². The third-order valence-electron chi connectivity index (χ3n) is 3.42. The van der Waals surface area contributed by atoms with Crippen LogP contribution in [0.1, 0.15) is 25.5 Å². The molecule has 1 unspecified atom stereocenters. The SMILES string of the molecule is CC(C)CN(CCN(C)C)C(CN)c1cc(F)ccc1Br. The monoisotopic (exact) mass is 359 g/mol. The Morgan fingerprint density at radius 3 is 2.43 bits per heavy atom. The molecule has 0 aromatic heterocycles. The second-order valence-electron chi connectivity index (χ2n) is 6.11. The summed E-state index contributed by atoms with van der Waals surface area (Å²) in [4.78, 5) is 4.51. The molecule has 0 amide bonds. The highest BCUT2D eigenvalue weighted by atomic mass is 79.9. The Kier molecular flexibility index (Phi) is 7.81. The number of hydrogen-bond acceptors (Lipinski definition) is 3. The number of nitrogens with zero attached hydrogens (tertiary/aromatic N) is 2. The van der Waals surface area contributed by atoms with Gasteiger partial charge in [0.05, 0.1) is 0 Å². The van der Waals surface area contributed by atoms with Gasteiger partial charge >= 0.3 is 0 Å². The Morgan fingerprint density at radius 1 is 1.24 bits per heavy atom. The summed E-state index contributed by atoms with van der Waals surface area (Å²) in [6.45, 7) is 7.67. The standard InChI is InChI=1S/C16H27BrFN3/c1-12(2)11-21(8-7-20(3)4)16(10-19)14-9-13(18)5-6-15(14)17/h5-6,9,12,16H,7-8,10-11,19H2,1-4H3. The number of hydrogen-bond donors (Lipinski definition) is 1. The van der Waals surface area contributed by atoms with Gasteiger partial charge in [0.2, 0.25) is 0 Å². The Morgan fingerprint density at radius 2 is 1.90 bits per heavy atom. The second-order valence-corrected chi connectivity index (χ2v) is 6.96. The lowest BCUT2D eigenvalue weighted by molar-refractivity contribution is 0.163. The first-order chi connectivity index (χ1) is 9.85. The molecule has 0 saturated carbocycles. The Balaban J connectivity index is 3.01. The van der Waals surface area contributed by atoms with Crippen LogP contribution in [-0.4, -0.2) is 50.1 Å². The van der Waals surface area contributed by atoms with Gasteiger partial charge in [0.15, 0.2) is 0 Å².